The number of nitrogens with one attached hydrogen (secondary N) is 1. The van der Waals surface area contributed by atoms with Crippen LogP contribution in [0.4, 0.5) is 0 Å². The molecule has 7 nitrogen and oxygen atoms in total. The molecule has 2 aromatic rings. The van der Waals surface area contributed by atoms with Gasteiger partial charge in [0.2, 0.25) is 11.8 Å². The molecule has 1 atom stereocenters. The molecule has 258 valence electrons. The van der Waals surface area contributed by atoms with Crippen molar-refractivity contribution in [3.8, 4) is 5.75 Å². The number of hydrogen-bond acceptors (Lipinski definition) is 6. The third-order valence-electron chi connectivity index (χ3n) is 8.63. The first-order valence-electron chi connectivity index (χ1n) is 18.0. The molecule has 1 aromatic heterocycles. The third kappa shape index (κ3) is 16.7. The number of carbonyl (C=O) groups excluding carboxylic acids is 3. The normalized spacial score (nSPS) is 13.9. The van der Waals surface area contributed by atoms with Gasteiger partial charge in [-0.3, -0.25) is 19.3 Å². The fourth-order valence-electron chi connectivity index (χ4n) is 6.11. The van der Waals surface area contributed by atoms with Crippen molar-refractivity contribution in [3.05, 3.63) is 51.7 Å². The molecule has 1 heterocycles. The maximum absolute atomic E-state index is 11.7. The van der Waals surface area contributed by atoms with Gasteiger partial charge in [-0.25, -0.2) is 0 Å². The Bertz CT molecular complexity index is 1120. The molecule has 0 saturated carbocycles. The number of ether oxygens (including phenoxy) is 1. The van der Waals surface area contributed by atoms with Crippen molar-refractivity contribution < 1.29 is 19.1 Å². The fraction of sp³-hybridized carbons (Fsp3) is 0.658. The van der Waals surface area contributed by atoms with Crippen LogP contribution < -0.4 is 15.8 Å². The maximum Gasteiger partial charge on any atom is 0.310 e. The predicted molar refractivity (Wildman–Crippen MR) is 191 cm³/mol. The molecule has 0 unspecified atom stereocenters. The minimum atomic E-state index is -0.183. The molecule has 0 saturated heterocycles. The largest absolute Gasteiger partial charge is 0.426 e. The van der Waals surface area contributed by atoms with Crippen LogP contribution in [-0.4, -0.2) is 48.4 Å². The summed E-state index contributed by atoms with van der Waals surface area (Å²) < 4.78 is 5.55. The zero-order valence-electron chi connectivity index (χ0n) is 29.0. The molecular weight excluding hydrogens is 595 g/mol. The number of unbranched alkanes of at least 4 members (excludes halogenated alkanes) is 9. The van der Waals surface area contributed by atoms with E-state index in [4.69, 9.17) is 10.5 Å². The lowest BCUT2D eigenvalue weighted by atomic mass is 9.86. The number of nitrogens with zero attached hydrogens (tertiary/aromatic N) is 1. The first-order chi connectivity index (χ1) is 22.4. The van der Waals surface area contributed by atoms with E-state index in [9.17, 15) is 14.4 Å². The summed E-state index contributed by atoms with van der Waals surface area (Å²) in [5, 5.41) is 4.98. The quantitative estimate of drug-likeness (QED) is 0.0757. The Morgan fingerprint density at radius 3 is 2.15 bits per heavy atom. The molecule has 0 radical (unpaired) electrons. The number of fused-ring (bicyclic) bond motifs is 1. The minimum Gasteiger partial charge on any atom is -0.426 e. The maximum atomic E-state index is 11.7. The van der Waals surface area contributed by atoms with Crippen molar-refractivity contribution in [2.75, 3.05) is 19.6 Å². The minimum absolute atomic E-state index is 0.149. The van der Waals surface area contributed by atoms with Crippen LogP contribution in [0.25, 0.3) is 0 Å². The molecular formula is C38H61N3O4S. The Morgan fingerprint density at radius 1 is 0.891 bits per heavy atom. The SMILES string of the molecule is CCCN(CCc1cccs1)[C@@H]1CCc2c(cccc2OC(=O)CC)C1.CCNC(=O)CCCCCCCCCCCCC(N)=O. The van der Waals surface area contributed by atoms with Gasteiger partial charge in [-0.05, 0) is 87.1 Å². The van der Waals surface area contributed by atoms with Crippen molar-refractivity contribution in [2.24, 2.45) is 5.73 Å². The molecule has 3 rings (SSSR count). The molecule has 1 aliphatic carbocycles. The van der Waals surface area contributed by atoms with Crippen molar-refractivity contribution in [2.45, 2.75) is 142 Å². The Kier molecular flexibility index (Phi) is 21.0. The van der Waals surface area contributed by atoms with Gasteiger partial charge in [0, 0.05) is 43.3 Å². The summed E-state index contributed by atoms with van der Waals surface area (Å²) >= 11 is 1.85. The Balaban J connectivity index is 0.000000334. The highest BCUT2D eigenvalue weighted by Gasteiger charge is 2.26. The van der Waals surface area contributed by atoms with Crippen molar-refractivity contribution in [1.82, 2.24) is 10.2 Å². The summed E-state index contributed by atoms with van der Waals surface area (Å²) in [6.45, 7) is 9.06. The standard InChI is InChI=1S/C22H29NO2S.C16H32N2O2/c1-3-13-23(14-12-19-8-6-15-26-19)18-10-11-20-17(16-18)7-5-9-21(20)25-22(24)4-2;1-2-18-16(20)14-12-10-8-6-4-3-5-7-9-11-13-15(17)19/h5-9,15,18H,3-4,10-14,16H2,1-2H3;2-14H2,1H3,(H2,17,19)(H,18,20)/t18-;/m1./s1. The highest BCUT2D eigenvalue weighted by Crippen LogP contribution is 2.32. The second kappa shape index (κ2) is 24.5. The van der Waals surface area contributed by atoms with E-state index in [-0.39, 0.29) is 17.8 Å². The van der Waals surface area contributed by atoms with E-state index >= 15 is 0 Å². The summed E-state index contributed by atoms with van der Waals surface area (Å²) in [7, 11) is 0. The molecule has 3 N–H and O–H groups in total. The summed E-state index contributed by atoms with van der Waals surface area (Å²) in [6, 6.07) is 11.1. The van der Waals surface area contributed by atoms with E-state index < -0.39 is 0 Å². The highest BCUT2D eigenvalue weighted by atomic mass is 32.1. The lowest BCUT2D eigenvalue weighted by Crippen LogP contribution is -2.41. The van der Waals surface area contributed by atoms with Crippen molar-refractivity contribution in [3.63, 3.8) is 0 Å². The predicted octanol–water partition coefficient (Wildman–Crippen LogP) is 8.16. The number of rotatable bonds is 22. The van der Waals surface area contributed by atoms with Crippen LogP contribution >= 0.6 is 11.3 Å². The van der Waals surface area contributed by atoms with E-state index in [0.29, 0.717) is 25.3 Å². The van der Waals surface area contributed by atoms with Gasteiger partial charge in [-0.15, -0.1) is 11.3 Å². The van der Waals surface area contributed by atoms with E-state index in [2.05, 4.69) is 40.7 Å². The van der Waals surface area contributed by atoms with E-state index in [1.807, 2.05) is 37.3 Å². The topological polar surface area (TPSA) is 102 Å². The van der Waals surface area contributed by atoms with Crippen LogP contribution in [0.2, 0.25) is 0 Å². The van der Waals surface area contributed by atoms with Gasteiger partial charge in [-0.2, -0.15) is 0 Å². The number of esters is 1. The summed E-state index contributed by atoms with van der Waals surface area (Å²) in [5.41, 5.74) is 7.67. The highest BCUT2D eigenvalue weighted by molar-refractivity contribution is 7.09. The average molecular weight is 656 g/mol. The average Bonchev–Trinajstić information content (AvgIpc) is 3.57. The third-order valence-corrected chi connectivity index (χ3v) is 9.57. The van der Waals surface area contributed by atoms with Gasteiger partial charge in [0.1, 0.15) is 5.75 Å². The molecule has 2 amide bonds. The monoisotopic (exact) mass is 655 g/mol. The first kappa shape index (κ1) is 39.5. The smallest absolute Gasteiger partial charge is 0.310 e. The van der Waals surface area contributed by atoms with Crippen LogP contribution in [0.1, 0.15) is 133 Å². The van der Waals surface area contributed by atoms with Crippen LogP contribution in [0, 0.1) is 0 Å². The number of amides is 2. The zero-order valence-corrected chi connectivity index (χ0v) is 29.8. The van der Waals surface area contributed by atoms with Crippen LogP contribution in [-0.2, 0) is 33.6 Å². The molecule has 1 aliphatic rings. The molecule has 8 heteroatoms. The van der Waals surface area contributed by atoms with Gasteiger partial charge >= 0.3 is 5.97 Å². The molecule has 0 spiro atoms. The van der Waals surface area contributed by atoms with Gasteiger partial charge < -0.3 is 15.8 Å². The molecule has 0 aliphatic heterocycles. The van der Waals surface area contributed by atoms with E-state index in [1.165, 1.54) is 60.9 Å². The Labute approximate surface area is 283 Å². The Morgan fingerprint density at radius 2 is 1.57 bits per heavy atom. The van der Waals surface area contributed by atoms with Crippen molar-refractivity contribution >= 4 is 29.1 Å². The fourth-order valence-corrected chi connectivity index (χ4v) is 6.81. The van der Waals surface area contributed by atoms with E-state index in [1.54, 1.807) is 0 Å². The number of carbonyl (C=O) groups is 3. The van der Waals surface area contributed by atoms with Crippen LogP contribution in [0.15, 0.2) is 35.7 Å². The number of primary amides is 1. The Hall–Kier alpha value is -2.71. The first-order valence-corrected chi connectivity index (χ1v) is 18.9. The second-order valence-corrected chi connectivity index (χ2v) is 13.5. The lowest BCUT2D eigenvalue weighted by molar-refractivity contribution is -0.134. The second-order valence-electron chi connectivity index (χ2n) is 12.4. The van der Waals surface area contributed by atoms with E-state index in [0.717, 1.165) is 76.8 Å². The molecule has 46 heavy (non-hydrogen) atoms. The summed E-state index contributed by atoms with van der Waals surface area (Å²) in [5.74, 6) is 0.624. The summed E-state index contributed by atoms with van der Waals surface area (Å²) in [4.78, 5) is 37.6. The number of nitrogens with two attached hydrogens (primary N) is 1. The molecule has 0 fully saturated rings. The molecule has 1 aromatic carbocycles. The van der Waals surface area contributed by atoms with Gasteiger partial charge in [0.15, 0.2) is 0 Å². The summed E-state index contributed by atoms with van der Waals surface area (Å²) in [6.07, 6.45) is 18.9. The number of hydrogen-bond donors (Lipinski definition) is 2. The number of benzene rings is 1. The van der Waals surface area contributed by atoms with Crippen LogP contribution in [0.3, 0.4) is 0 Å². The van der Waals surface area contributed by atoms with Crippen molar-refractivity contribution in [1.29, 1.82) is 0 Å². The number of thiophene rings is 1. The molecule has 0 bridgehead atoms. The van der Waals surface area contributed by atoms with Gasteiger partial charge in [-0.1, -0.05) is 83.4 Å². The van der Waals surface area contributed by atoms with Gasteiger partial charge in [0.25, 0.3) is 0 Å². The lowest BCUT2D eigenvalue weighted by Gasteiger charge is -2.35. The van der Waals surface area contributed by atoms with Crippen LogP contribution in [0.5, 0.6) is 5.75 Å². The zero-order chi connectivity index (χ0) is 33.4. The van der Waals surface area contributed by atoms with Gasteiger partial charge in [0.05, 0.1) is 0 Å².